The van der Waals surface area contributed by atoms with Crippen LogP contribution in [-0.4, -0.2) is 68.0 Å². The van der Waals surface area contributed by atoms with Crippen LogP contribution in [0.1, 0.15) is 26.4 Å². The van der Waals surface area contributed by atoms with Crippen LogP contribution in [0.2, 0.25) is 0 Å². The minimum absolute atomic E-state index is 0. The summed E-state index contributed by atoms with van der Waals surface area (Å²) in [6, 6.07) is 5.44. The van der Waals surface area contributed by atoms with E-state index in [0.717, 1.165) is 0 Å². The largest absolute Gasteiger partial charge is 2.00 e. The summed E-state index contributed by atoms with van der Waals surface area (Å²) in [4.78, 5) is 27.6. The van der Waals surface area contributed by atoms with Gasteiger partial charge in [-0.05, 0) is 12.1 Å². The topological polar surface area (TPSA) is 154 Å². The molecule has 0 radical (unpaired) electrons. The summed E-state index contributed by atoms with van der Waals surface area (Å²) in [6.45, 7) is 0. The fourth-order valence-corrected chi connectivity index (χ4v) is 0.897. The van der Waals surface area contributed by atoms with Crippen LogP contribution in [0.3, 0.4) is 0 Å². The van der Waals surface area contributed by atoms with Gasteiger partial charge >= 0.3 is 101 Å². The van der Waals surface area contributed by atoms with Crippen molar-refractivity contribution in [1.29, 1.82) is 0 Å². The normalized spacial score (nSPS) is 7.62. The second-order valence-electron chi connectivity index (χ2n) is 2.66. The first-order valence-corrected chi connectivity index (χ1v) is 4.28. The molecule has 5 N–H and O–H groups in total. The molecule has 106 valence electrons. The van der Waals surface area contributed by atoms with Gasteiger partial charge in [-0.2, -0.15) is 5.26 Å². The van der Waals surface area contributed by atoms with Gasteiger partial charge in [-0.25, -0.2) is 14.4 Å². The number of carboxylic acid groups (broad SMARTS) is 1. The molecule has 0 heterocycles. The predicted octanol–water partition coefficient (Wildman–Crippen LogP) is -6.46. The van der Waals surface area contributed by atoms with Crippen molar-refractivity contribution in [3.8, 4) is 0 Å². The van der Waals surface area contributed by atoms with Crippen LogP contribution in [-0.2, 0) is 9.69 Å². The third-order valence-electron chi connectivity index (χ3n) is 1.55. The molecule has 0 aliphatic rings. The zero-order chi connectivity index (χ0) is 14.1. The van der Waals surface area contributed by atoms with Crippen LogP contribution in [0.25, 0.3) is 0 Å². The zero-order valence-electron chi connectivity index (χ0n) is 15.5. The summed E-state index contributed by atoms with van der Waals surface area (Å²) in [5.74, 6) is -2.33. The summed E-state index contributed by atoms with van der Waals surface area (Å²) in [5, 5.41) is 38.7. The van der Waals surface area contributed by atoms with Crippen LogP contribution < -0.4 is 59.1 Å². The van der Waals surface area contributed by atoms with Gasteiger partial charge in [0.25, 0.3) is 0 Å². The Labute approximate surface area is 186 Å². The molecule has 0 fully saturated rings. The molecule has 21 heavy (non-hydrogen) atoms. The van der Waals surface area contributed by atoms with Gasteiger partial charge in [0, 0.05) is 0 Å². The van der Waals surface area contributed by atoms with E-state index in [1.807, 2.05) is 0 Å². The molecule has 1 rings (SSSR count). The van der Waals surface area contributed by atoms with Crippen LogP contribution in [0.4, 0.5) is 0 Å². The molecular formula is C8H13BMgNa2O9. The molecule has 1 aromatic rings. The maximum atomic E-state index is 10.8. The van der Waals surface area contributed by atoms with Crippen LogP contribution in [0, 0.1) is 0 Å². The molecule has 0 spiro atoms. The molecule has 0 saturated heterocycles. The van der Waals surface area contributed by atoms with Crippen molar-refractivity contribution in [2.45, 2.75) is 0 Å². The Hall–Kier alpha value is 0.791. The number of hydrogen-bond acceptors (Lipinski definition) is 8. The summed E-state index contributed by atoms with van der Waals surface area (Å²) in [7, 11) is -2.06. The van der Waals surface area contributed by atoms with Gasteiger partial charge in [0.2, 0.25) is 0 Å². The standard InChI is InChI=1S/C8H6O5.BH3O4.Mg.2Na.4H/c9-7(10)5-3-1-2-4-6(5)8(11)13-12;2-1(3)5-4;;;;;;;/h1-4,12H,(H,9,10);2-4H;;;;;;;/q;;+2;2*+1;4*-1. The SMILES string of the molecule is O=C(O)c1ccccc1C(=O)OO.OOB(O)O.[H-].[H-].[H-].[H-].[Mg+2].[Na+].[Na+]. The Morgan fingerprint density at radius 2 is 1.43 bits per heavy atom. The average molecular weight is 334 g/mol. The van der Waals surface area contributed by atoms with Crippen molar-refractivity contribution in [2.75, 3.05) is 0 Å². The number of hydrogen-bond donors (Lipinski definition) is 5. The van der Waals surface area contributed by atoms with Gasteiger partial charge in [-0.15, -0.1) is 0 Å². The molecule has 0 aliphatic heterocycles. The number of aromatic carboxylic acids is 1. The van der Waals surface area contributed by atoms with Crippen LogP contribution in [0.15, 0.2) is 24.3 Å². The molecule has 1 aromatic carbocycles. The monoisotopic (exact) mass is 334 g/mol. The van der Waals surface area contributed by atoms with Gasteiger partial charge in [0.05, 0.1) is 11.1 Å². The Balaban J connectivity index is -0.0000000364. The Bertz CT molecular complexity index is 436. The van der Waals surface area contributed by atoms with Gasteiger partial charge < -0.3 is 20.9 Å². The molecule has 0 aromatic heterocycles. The van der Waals surface area contributed by atoms with E-state index < -0.39 is 19.3 Å². The Morgan fingerprint density at radius 1 is 1.05 bits per heavy atom. The van der Waals surface area contributed by atoms with E-state index in [0.29, 0.717) is 0 Å². The van der Waals surface area contributed by atoms with Gasteiger partial charge in [0.15, 0.2) is 0 Å². The average Bonchev–Trinajstić information content (AvgIpc) is 2.38. The first kappa shape index (κ1) is 29.8. The Kier molecular flexibility index (Phi) is 24.3. The van der Waals surface area contributed by atoms with E-state index in [-0.39, 0.29) is 99.0 Å². The first-order chi connectivity index (χ1) is 8.43. The quantitative estimate of drug-likeness (QED) is 0.206. The number of rotatable bonds is 3. The summed E-state index contributed by atoms with van der Waals surface area (Å²) in [5.41, 5.74) is -0.390. The summed E-state index contributed by atoms with van der Waals surface area (Å²) in [6.07, 6.45) is 0. The molecule has 13 heteroatoms. The first-order valence-electron chi connectivity index (χ1n) is 4.28. The molecular weight excluding hydrogens is 321 g/mol. The molecule has 0 bridgehead atoms. The molecule has 0 aliphatic carbocycles. The van der Waals surface area contributed by atoms with Gasteiger partial charge in [-0.3, -0.25) is 10.1 Å². The minimum atomic E-state index is -2.06. The summed E-state index contributed by atoms with van der Waals surface area (Å²) < 4.78 is 0. The van der Waals surface area contributed by atoms with Gasteiger partial charge in [-0.1, -0.05) is 12.1 Å². The fraction of sp³-hybridized carbons (Fsp3) is 0. The van der Waals surface area contributed by atoms with Crippen molar-refractivity contribution in [1.82, 2.24) is 0 Å². The number of carbonyl (C=O) groups excluding carboxylic acids is 1. The second-order valence-corrected chi connectivity index (χ2v) is 2.66. The molecule has 0 unspecified atom stereocenters. The number of carboxylic acids is 1. The maximum Gasteiger partial charge on any atom is 2.00 e. The van der Waals surface area contributed by atoms with Crippen LogP contribution >= 0.6 is 0 Å². The third kappa shape index (κ3) is 13.0. The predicted molar refractivity (Wildman–Crippen MR) is 65.6 cm³/mol. The van der Waals surface area contributed by atoms with Crippen molar-refractivity contribution in [3.05, 3.63) is 35.4 Å². The molecule has 0 atom stereocenters. The third-order valence-corrected chi connectivity index (χ3v) is 1.55. The van der Waals surface area contributed by atoms with Crippen molar-refractivity contribution < 1.29 is 110 Å². The zero-order valence-corrected chi connectivity index (χ0v) is 16.9. The Morgan fingerprint density at radius 3 is 1.71 bits per heavy atom. The van der Waals surface area contributed by atoms with Crippen molar-refractivity contribution >= 4 is 42.3 Å². The molecule has 9 nitrogen and oxygen atoms in total. The van der Waals surface area contributed by atoms with E-state index in [4.69, 9.17) is 25.7 Å². The minimum Gasteiger partial charge on any atom is -1.00 e. The molecule has 0 saturated carbocycles. The summed E-state index contributed by atoms with van der Waals surface area (Å²) >= 11 is 0. The van der Waals surface area contributed by atoms with Crippen molar-refractivity contribution in [3.63, 3.8) is 0 Å². The van der Waals surface area contributed by atoms with E-state index in [1.165, 1.54) is 24.3 Å². The van der Waals surface area contributed by atoms with Crippen LogP contribution in [0.5, 0.6) is 0 Å². The maximum absolute atomic E-state index is 10.8. The smallest absolute Gasteiger partial charge is 1.00 e. The molecule has 0 amide bonds. The van der Waals surface area contributed by atoms with E-state index >= 15 is 0 Å². The van der Waals surface area contributed by atoms with Gasteiger partial charge in [0.1, 0.15) is 0 Å². The van der Waals surface area contributed by atoms with E-state index in [1.54, 1.807) is 0 Å². The second kappa shape index (κ2) is 17.1. The fourth-order valence-electron chi connectivity index (χ4n) is 0.897. The van der Waals surface area contributed by atoms with Crippen molar-refractivity contribution in [2.24, 2.45) is 0 Å². The number of carbonyl (C=O) groups is 2. The number of benzene rings is 1. The van der Waals surface area contributed by atoms with E-state index in [2.05, 4.69) is 9.69 Å². The van der Waals surface area contributed by atoms with E-state index in [9.17, 15) is 9.59 Å².